The summed E-state index contributed by atoms with van der Waals surface area (Å²) < 4.78 is 31.6. The van der Waals surface area contributed by atoms with Crippen molar-refractivity contribution in [2.45, 2.75) is 25.3 Å². The third-order valence-electron chi connectivity index (χ3n) is 4.57. The van der Waals surface area contributed by atoms with Gasteiger partial charge >= 0.3 is 0 Å². The predicted molar refractivity (Wildman–Crippen MR) is 108 cm³/mol. The summed E-state index contributed by atoms with van der Waals surface area (Å²) in [6, 6.07) is 5.19. The molecule has 1 aromatic rings. The largest absolute Gasteiger partial charge is 0.476 e. The summed E-state index contributed by atoms with van der Waals surface area (Å²) in [5.74, 6) is 0.667. The summed E-state index contributed by atoms with van der Waals surface area (Å²) in [4.78, 5) is 10.6. The molecule has 6 nitrogen and oxygen atoms in total. The van der Waals surface area contributed by atoms with Gasteiger partial charge in [-0.15, -0.1) is 0 Å². The highest BCUT2D eigenvalue weighted by molar-refractivity contribution is 8.15. The zero-order valence-corrected chi connectivity index (χ0v) is 16.6. The first-order valence-electron chi connectivity index (χ1n) is 9.08. The second-order valence-electron chi connectivity index (χ2n) is 6.39. The molecule has 2 heterocycles. The maximum atomic E-state index is 12.9. The summed E-state index contributed by atoms with van der Waals surface area (Å²) in [6.07, 6.45) is 1.75. The summed E-state index contributed by atoms with van der Waals surface area (Å²) in [6.45, 7) is 2.23. The van der Waals surface area contributed by atoms with Crippen molar-refractivity contribution < 1.29 is 13.5 Å². The van der Waals surface area contributed by atoms with Crippen LogP contribution in [0.2, 0.25) is 0 Å². The number of pyridine rings is 1. The van der Waals surface area contributed by atoms with Crippen molar-refractivity contribution in [1.82, 2.24) is 9.88 Å². The van der Waals surface area contributed by atoms with Crippen LogP contribution in [-0.2, 0) is 0 Å². The lowest BCUT2D eigenvalue weighted by Crippen LogP contribution is -2.46. The first-order chi connectivity index (χ1) is 13.6. The fourth-order valence-electron chi connectivity index (χ4n) is 3.13. The minimum atomic E-state index is -2.53. The topological polar surface area (TPSA) is 87.5 Å². The average Bonchev–Trinajstić information content (AvgIpc) is 2.71. The molecule has 152 valence electrons. The van der Waals surface area contributed by atoms with Crippen LogP contribution in [0.1, 0.15) is 18.4 Å². The Morgan fingerprint density at radius 1 is 1.54 bits per heavy atom. The molecule has 1 unspecified atom stereocenters. The molecule has 0 amide bonds. The number of alkyl halides is 2. The van der Waals surface area contributed by atoms with Crippen molar-refractivity contribution in [3.05, 3.63) is 34.9 Å². The molecular weight excluding hydrogens is 384 g/mol. The predicted octanol–water partition coefficient (Wildman–Crippen LogP) is 2.91. The molecule has 2 rings (SSSR count). The number of nitriles is 1. The van der Waals surface area contributed by atoms with Gasteiger partial charge < -0.3 is 10.5 Å². The van der Waals surface area contributed by atoms with Gasteiger partial charge in [0.2, 0.25) is 5.88 Å². The monoisotopic (exact) mass is 409 g/mol. The quantitative estimate of drug-likeness (QED) is 0.498. The number of allylic oxidation sites excluding steroid dienone is 1. The lowest BCUT2D eigenvalue weighted by atomic mass is 9.96. The second kappa shape index (κ2) is 11.7. The fraction of sp³-hybridized carbons (Fsp3) is 0.526. The number of hydrogen-bond acceptors (Lipinski definition) is 7. The van der Waals surface area contributed by atoms with Gasteiger partial charge in [-0.05, 0) is 50.1 Å². The van der Waals surface area contributed by atoms with Crippen LogP contribution >= 0.6 is 11.8 Å². The molecule has 0 spiro atoms. The Morgan fingerprint density at radius 3 is 2.89 bits per heavy atom. The fourth-order valence-corrected chi connectivity index (χ4v) is 3.94. The van der Waals surface area contributed by atoms with Gasteiger partial charge in [0.05, 0.1) is 18.2 Å². The minimum absolute atomic E-state index is 0.250. The summed E-state index contributed by atoms with van der Waals surface area (Å²) in [5.41, 5.74) is 7.87. The highest BCUT2D eigenvalue weighted by Gasteiger charge is 2.28. The van der Waals surface area contributed by atoms with Gasteiger partial charge in [-0.2, -0.15) is 5.26 Å². The Kier molecular flexibility index (Phi) is 9.34. The van der Waals surface area contributed by atoms with E-state index in [-0.39, 0.29) is 12.6 Å². The standard InChI is InChI=1S/C19H25F2N5OS/c1-24-13-28-17(9-18(20)21)16(11-23)26-7-4-14(5-8-26)12-27-19-15(10-22)3-2-6-25-19/h2-3,6,9,13-14,16,18H,4-5,7-8,11-12,23H2,1H3/b17-9+,24-13-. The lowest BCUT2D eigenvalue weighted by Gasteiger charge is -2.37. The van der Waals surface area contributed by atoms with Crippen molar-refractivity contribution in [3.63, 3.8) is 0 Å². The molecule has 0 bridgehead atoms. The summed E-state index contributed by atoms with van der Waals surface area (Å²) >= 11 is 1.19. The summed E-state index contributed by atoms with van der Waals surface area (Å²) in [5, 5.41) is 9.10. The number of ether oxygens (including phenoxy) is 1. The van der Waals surface area contributed by atoms with Crippen LogP contribution in [0.4, 0.5) is 8.78 Å². The van der Waals surface area contributed by atoms with Crippen molar-refractivity contribution in [2.24, 2.45) is 16.6 Å². The molecule has 2 N–H and O–H groups in total. The van der Waals surface area contributed by atoms with Gasteiger partial charge in [-0.3, -0.25) is 9.89 Å². The molecule has 1 aliphatic rings. The van der Waals surface area contributed by atoms with Crippen LogP contribution in [0, 0.1) is 17.2 Å². The molecule has 9 heteroatoms. The SMILES string of the molecule is C/N=C\S/C(=C/C(F)F)C(CN)N1CCC(COc2ncccc2C#N)CC1. The number of piperidine rings is 1. The number of nitrogens with zero attached hydrogens (tertiary/aromatic N) is 4. The molecule has 1 aromatic heterocycles. The minimum Gasteiger partial charge on any atom is -0.476 e. The molecule has 1 fully saturated rings. The summed E-state index contributed by atoms with van der Waals surface area (Å²) in [7, 11) is 1.61. The number of hydrogen-bond donors (Lipinski definition) is 1. The van der Waals surface area contributed by atoms with Crippen molar-refractivity contribution >= 4 is 17.3 Å². The smallest absolute Gasteiger partial charge is 0.258 e. The van der Waals surface area contributed by atoms with Gasteiger partial charge in [0.1, 0.15) is 11.6 Å². The van der Waals surface area contributed by atoms with Crippen LogP contribution in [0.5, 0.6) is 5.88 Å². The van der Waals surface area contributed by atoms with Crippen LogP contribution < -0.4 is 10.5 Å². The number of likely N-dealkylation sites (tertiary alicyclic amines) is 1. The maximum Gasteiger partial charge on any atom is 0.258 e. The number of nitrogens with two attached hydrogens (primary N) is 1. The van der Waals surface area contributed by atoms with E-state index < -0.39 is 6.43 Å². The third kappa shape index (κ3) is 6.55. The molecular formula is C19H25F2N5OS. The van der Waals surface area contributed by atoms with E-state index in [0.717, 1.165) is 32.0 Å². The average molecular weight is 410 g/mol. The highest BCUT2D eigenvalue weighted by Crippen LogP contribution is 2.27. The van der Waals surface area contributed by atoms with E-state index in [1.54, 1.807) is 30.9 Å². The molecule has 1 atom stereocenters. The van der Waals surface area contributed by atoms with E-state index >= 15 is 0 Å². The Labute approximate surface area is 168 Å². The van der Waals surface area contributed by atoms with Gasteiger partial charge in [0.15, 0.2) is 0 Å². The lowest BCUT2D eigenvalue weighted by molar-refractivity contribution is 0.120. The maximum absolute atomic E-state index is 12.9. The van der Waals surface area contributed by atoms with Gasteiger partial charge in [-0.1, -0.05) is 11.8 Å². The number of rotatable bonds is 9. The van der Waals surface area contributed by atoms with E-state index in [2.05, 4.69) is 20.9 Å². The van der Waals surface area contributed by atoms with E-state index in [1.807, 2.05) is 0 Å². The molecule has 28 heavy (non-hydrogen) atoms. The molecule has 1 saturated heterocycles. The molecule has 0 aliphatic carbocycles. The molecule has 0 radical (unpaired) electrons. The third-order valence-corrected chi connectivity index (χ3v) is 5.57. The Bertz CT molecular complexity index is 715. The highest BCUT2D eigenvalue weighted by atomic mass is 32.2. The first-order valence-corrected chi connectivity index (χ1v) is 9.96. The van der Waals surface area contributed by atoms with Crippen LogP contribution in [0.15, 0.2) is 34.3 Å². The van der Waals surface area contributed by atoms with Crippen molar-refractivity contribution in [1.29, 1.82) is 5.26 Å². The number of halogens is 2. The van der Waals surface area contributed by atoms with Crippen molar-refractivity contribution in [2.75, 3.05) is 33.3 Å². The number of aliphatic imine (C=N–C) groups is 1. The molecule has 1 aliphatic heterocycles. The van der Waals surface area contributed by atoms with E-state index in [1.165, 1.54) is 11.8 Å². The zero-order chi connectivity index (χ0) is 20.4. The Morgan fingerprint density at radius 2 is 2.29 bits per heavy atom. The first kappa shape index (κ1) is 22.3. The Balaban J connectivity index is 1.92. The van der Waals surface area contributed by atoms with Gasteiger partial charge in [-0.25, -0.2) is 13.8 Å². The Hall–Kier alpha value is -2.02. The zero-order valence-electron chi connectivity index (χ0n) is 15.8. The second-order valence-corrected chi connectivity index (χ2v) is 7.31. The van der Waals surface area contributed by atoms with E-state index in [9.17, 15) is 8.78 Å². The van der Waals surface area contributed by atoms with E-state index in [4.69, 9.17) is 15.7 Å². The van der Waals surface area contributed by atoms with Crippen LogP contribution in [0.25, 0.3) is 0 Å². The normalized spacial score (nSPS) is 17.8. The van der Waals surface area contributed by atoms with Gasteiger partial charge in [0.25, 0.3) is 6.43 Å². The number of thioether (sulfide) groups is 1. The van der Waals surface area contributed by atoms with Crippen LogP contribution in [0.3, 0.4) is 0 Å². The van der Waals surface area contributed by atoms with Crippen LogP contribution in [-0.4, -0.2) is 61.2 Å². The van der Waals surface area contributed by atoms with E-state index in [0.29, 0.717) is 28.9 Å². The van der Waals surface area contributed by atoms with Crippen molar-refractivity contribution in [3.8, 4) is 11.9 Å². The molecule has 0 aromatic carbocycles. The van der Waals surface area contributed by atoms with Gasteiger partial charge in [0, 0.05) is 24.7 Å². The molecule has 0 saturated carbocycles. The number of aromatic nitrogens is 1.